The summed E-state index contributed by atoms with van der Waals surface area (Å²) >= 11 is 6.00. The van der Waals surface area contributed by atoms with E-state index >= 15 is 0 Å². The standard InChI is InChI=1S/C24H18ClFN2O2/c1-27(15-16-5-3-2-4-6-16)22-21(17-7-9-18(25)10-8-17)23(29)28(24(22)30)20-13-11-19(26)12-14-20/h2-14H,15H2,1H3. The highest BCUT2D eigenvalue weighted by atomic mass is 35.5. The molecule has 1 aliphatic heterocycles. The summed E-state index contributed by atoms with van der Waals surface area (Å²) in [7, 11) is 1.78. The van der Waals surface area contributed by atoms with E-state index in [9.17, 15) is 14.0 Å². The summed E-state index contributed by atoms with van der Waals surface area (Å²) in [6.45, 7) is 0.448. The highest BCUT2D eigenvalue weighted by Gasteiger charge is 2.41. The molecular formula is C24H18ClFN2O2. The zero-order valence-electron chi connectivity index (χ0n) is 16.2. The molecule has 4 nitrogen and oxygen atoms in total. The van der Waals surface area contributed by atoms with Gasteiger partial charge >= 0.3 is 0 Å². The van der Waals surface area contributed by atoms with E-state index in [4.69, 9.17) is 11.6 Å². The zero-order chi connectivity index (χ0) is 21.3. The maximum Gasteiger partial charge on any atom is 0.282 e. The lowest BCUT2D eigenvalue weighted by Gasteiger charge is -2.21. The van der Waals surface area contributed by atoms with Crippen LogP contribution >= 0.6 is 11.6 Å². The van der Waals surface area contributed by atoms with E-state index in [1.54, 1.807) is 36.2 Å². The van der Waals surface area contributed by atoms with Crippen molar-refractivity contribution in [2.24, 2.45) is 0 Å². The minimum atomic E-state index is -0.455. The van der Waals surface area contributed by atoms with Gasteiger partial charge in [-0.05, 0) is 47.5 Å². The normalized spacial score (nSPS) is 13.9. The Kier molecular flexibility index (Phi) is 5.38. The van der Waals surface area contributed by atoms with Gasteiger partial charge in [-0.15, -0.1) is 0 Å². The molecule has 0 aliphatic carbocycles. The molecule has 0 N–H and O–H groups in total. The minimum absolute atomic E-state index is 0.288. The third-order valence-corrected chi connectivity index (χ3v) is 5.17. The summed E-state index contributed by atoms with van der Waals surface area (Å²) in [6, 6.07) is 21.8. The van der Waals surface area contributed by atoms with E-state index in [0.29, 0.717) is 28.4 Å². The molecule has 2 amide bonds. The Morgan fingerprint density at radius 2 is 1.50 bits per heavy atom. The maximum absolute atomic E-state index is 13.4. The molecule has 0 aromatic heterocycles. The Morgan fingerprint density at radius 1 is 0.867 bits per heavy atom. The number of nitrogens with zero attached hydrogens (tertiary/aromatic N) is 2. The highest BCUT2D eigenvalue weighted by Crippen LogP contribution is 2.35. The fourth-order valence-corrected chi connectivity index (χ4v) is 3.64. The van der Waals surface area contributed by atoms with Crippen molar-refractivity contribution < 1.29 is 14.0 Å². The molecule has 0 radical (unpaired) electrons. The fourth-order valence-electron chi connectivity index (χ4n) is 3.51. The van der Waals surface area contributed by atoms with Gasteiger partial charge in [-0.3, -0.25) is 9.59 Å². The smallest absolute Gasteiger partial charge is 0.282 e. The van der Waals surface area contributed by atoms with Crippen LogP contribution in [-0.4, -0.2) is 23.8 Å². The van der Waals surface area contributed by atoms with Gasteiger partial charge < -0.3 is 4.90 Å². The third-order valence-electron chi connectivity index (χ3n) is 4.92. The Balaban J connectivity index is 1.79. The van der Waals surface area contributed by atoms with Gasteiger partial charge in [0.15, 0.2) is 0 Å². The summed E-state index contributed by atoms with van der Waals surface area (Å²) in [4.78, 5) is 29.6. The van der Waals surface area contributed by atoms with E-state index in [1.807, 2.05) is 30.3 Å². The van der Waals surface area contributed by atoms with Gasteiger partial charge in [-0.25, -0.2) is 9.29 Å². The van der Waals surface area contributed by atoms with E-state index < -0.39 is 17.6 Å². The summed E-state index contributed by atoms with van der Waals surface area (Å²) in [6.07, 6.45) is 0. The van der Waals surface area contributed by atoms with Crippen molar-refractivity contribution in [3.8, 4) is 0 Å². The van der Waals surface area contributed by atoms with Crippen molar-refractivity contribution in [1.29, 1.82) is 0 Å². The SMILES string of the molecule is CN(Cc1ccccc1)C1=C(c2ccc(Cl)cc2)C(=O)N(c2ccc(F)cc2)C1=O. The Labute approximate surface area is 178 Å². The Hall–Kier alpha value is -3.44. The van der Waals surface area contributed by atoms with Crippen LogP contribution in [0.15, 0.2) is 84.6 Å². The third kappa shape index (κ3) is 3.72. The van der Waals surface area contributed by atoms with Gasteiger partial charge in [-0.1, -0.05) is 54.1 Å². The number of rotatable bonds is 5. The molecule has 0 unspecified atom stereocenters. The van der Waals surface area contributed by atoms with Gasteiger partial charge in [0, 0.05) is 18.6 Å². The van der Waals surface area contributed by atoms with E-state index in [0.717, 1.165) is 10.5 Å². The number of benzene rings is 3. The quantitative estimate of drug-likeness (QED) is 0.551. The zero-order valence-corrected chi connectivity index (χ0v) is 16.9. The molecule has 30 heavy (non-hydrogen) atoms. The first kappa shape index (κ1) is 19.9. The summed E-state index contributed by atoms with van der Waals surface area (Å²) in [5.74, 6) is -1.34. The number of anilines is 1. The van der Waals surface area contributed by atoms with Crippen LogP contribution in [0.1, 0.15) is 11.1 Å². The van der Waals surface area contributed by atoms with Crippen LogP contribution in [-0.2, 0) is 16.1 Å². The van der Waals surface area contributed by atoms with E-state index in [1.165, 1.54) is 24.3 Å². The molecule has 0 saturated carbocycles. The van der Waals surface area contributed by atoms with E-state index in [-0.39, 0.29) is 5.70 Å². The van der Waals surface area contributed by atoms with Crippen molar-refractivity contribution in [1.82, 2.24) is 4.90 Å². The minimum Gasteiger partial charge on any atom is -0.365 e. The van der Waals surface area contributed by atoms with Crippen LogP contribution in [0, 0.1) is 5.82 Å². The molecule has 4 rings (SSSR count). The Morgan fingerprint density at radius 3 is 2.13 bits per heavy atom. The molecule has 3 aromatic rings. The molecular weight excluding hydrogens is 403 g/mol. The number of hydrogen-bond acceptors (Lipinski definition) is 3. The molecule has 1 heterocycles. The van der Waals surface area contributed by atoms with Crippen molar-refractivity contribution in [2.45, 2.75) is 6.54 Å². The second kappa shape index (κ2) is 8.13. The monoisotopic (exact) mass is 420 g/mol. The second-order valence-electron chi connectivity index (χ2n) is 6.99. The van der Waals surface area contributed by atoms with Crippen LogP contribution in [0.5, 0.6) is 0 Å². The molecule has 0 atom stereocenters. The van der Waals surface area contributed by atoms with Crippen LogP contribution in [0.3, 0.4) is 0 Å². The van der Waals surface area contributed by atoms with Crippen LogP contribution in [0.25, 0.3) is 5.57 Å². The van der Waals surface area contributed by atoms with E-state index in [2.05, 4.69) is 0 Å². The number of carbonyl (C=O) groups is 2. The van der Waals surface area contributed by atoms with Gasteiger partial charge in [0.2, 0.25) is 0 Å². The molecule has 6 heteroatoms. The predicted octanol–water partition coefficient (Wildman–Crippen LogP) is 4.90. The first-order valence-electron chi connectivity index (χ1n) is 9.35. The van der Waals surface area contributed by atoms with Gasteiger partial charge in [-0.2, -0.15) is 0 Å². The van der Waals surface area contributed by atoms with Gasteiger partial charge in [0.05, 0.1) is 11.3 Å². The number of amides is 2. The summed E-state index contributed by atoms with van der Waals surface area (Å²) in [5, 5.41) is 0.533. The summed E-state index contributed by atoms with van der Waals surface area (Å²) < 4.78 is 13.4. The number of carbonyl (C=O) groups excluding carboxylic acids is 2. The van der Waals surface area contributed by atoms with Gasteiger partial charge in [0.25, 0.3) is 11.8 Å². The molecule has 150 valence electrons. The average molecular weight is 421 g/mol. The number of halogens is 2. The molecule has 0 bridgehead atoms. The average Bonchev–Trinajstić information content (AvgIpc) is 3.00. The Bertz CT molecular complexity index is 1130. The molecule has 1 aliphatic rings. The predicted molar refractivity (Wildman–Crippen MR) is 115 cm³/mol. The molecule has 0 fully saturated rings. The summed E-state index contributed by atoms with van der Waals surface area (Å²) in [5.41, 5.74) is 2.50. The van der Waals surface area contributed by atoms with Crippen molar-refractivity contribution >= 4 is 34.7 Å². The van der Waals surface area contributed by atoms with Gasteiger partial charge in [0.1, 0.15) is 11.5 Å². The lowest BCUT2D eigenvalue weighted by atomic mass is 10.0. The molecule has 0 saturated heterocycles. The van der Waals surface area contributed by atoms with Crippen molar-refractivity contribution in [3.63, 3.8) is 0 Å². The first-order valence-corrected chi connectivity index (χ1v) is 9.73. The fraction of sp³-hybridized carbons (Fsp3) is 0.0833. The molecule has 3 aromatic carbocycles. The largest absolute Gasteiger partial charge is 0.365 e. The van der Waals surface area contributed by atoms with Crippen LogP contribution in [0.4, 0.5) is 10.1 Å². The van der Waals surface area contributed by atoms with Crippen LogP contribution in [0.2, 0.25) is 5.02 Å². The number of imide groups is 1. The number of hydrogen-bond donors (Lipinski definition) is 0. The lowest BCUT2D eigenvalue weighted by Crippen LogP contribution is -2.34. The second-order valence-corrected chi connectivity index (χ2v) is 7.43. The van der Waals surface area contributed by atoms with Crippen molar-refractivity contribution in [3.05, 3.63) is 107 Å². The maximum atomic E-state index is 13.4. The number of likely N-dealkylation sites (N-methyl/N-ethyl adjacent to an activating group) is 1. The topological polar surface area (TPSA) is 40.6 Å². The lowest BCUT2D eigenvalue weighted by molar-refractivity contribution is -0.120. The highest BCUT2D eigenvalue weighted by molar-refractivity contribution is 6.45. The first-order chi connectivity index (χ1) is 14.5. The van der Waals surface area contributed by atoms with Crippen molar-refractivity contribution in [2.75, 3.05) is 11.9 Å². The molecule has 0 spiro atoms. The van der Waals surface area contributed by atoms with Crippen LogP contribution < -0.4 is 4.90 Å².